The van der Waals surface area contributed by atoms with Crippen molar-refractivity contribution >= 4 is 34.2 Å². The van der Waals surface area contributed by atoms with Crippen LogP contribution in [0.3, 0.4) is 0 Å². The maximum Gasteiger partial charge on any atom is 0.243 e. The Balaban J connectivity index is 0.00000242. The van der Waals surface area contributed by atoms with Crippen molar-refractivity contribution in [3.63, 3.8) is 0 Å². The molecule has 0 radical (unpaired) electrons. The molecule has 4 nitrogen and oxygen atoms in total. The van der Waals surface area contributed by atoms with Gasteiger partial charge in [0.1, 0.15) is 0 Å². The molecule has 0 bridgehead atoms. The summed E-state index contributed by atoms with van der Waals surface area (Å²) in [5, 5.41) is 3.35. The van der Waals surface area contributed by atoms with E-state index >= 15 is 0 Å². The third kappa shape index (κ3) is 4.86. The molecule has 2 rings (SSSR count). The van der Waals surface area contributed by atoms with E-state index in [1.165, 1.54) is 0 Å². The van der Waals surface area contributed by atoms with Crippen LogP contribution >= 0.6 is 24.2 Å². The van der Waals surface area contributed by atoms with Gasteiger partial charge in [-0.3, -0.25) is 0 Å². The van der Waals surface area contributed by atoms with E-state index in [1.807, 2.05) is 18.4 Å². The van der Waals surface area contributed by atoms with E-state index in [1.54, 1.807) is 28.2 Å². The van der Waals surface area contributed by atoms with E-state index in [-0.39, 0.29) is 12.4 Å². The molecule has 0 saturated carbocycles. The van der Waals surface area contributed by atoms with Crippen LogP contribution in [-0.2, 0) is 10.0 Å². The van der Waals surface area contributed by atoms with E-state index in [9.17, 15) is 8.42 Å². The lowest BCUT2D eigenvalue weighted by atomic mass is 9.98. The molecule has 1 aliphatic heterocycles. The molecule has 1 aromatic rings. The summed E-state index contributed by atoms with van der Waals surface area (Å²) in [6.07, 6.45) is 3.83. The highest BCUT2D eigenvalue weighted by Crippen LogP contribution is 2.25. The highest BCUT2D eigenvalue weighted by Gasteiger charge is 2.29. The van der Waals surface area contributed by atoms with Crippen molar-refractivity contribution < 1.29 is 8.42 Å². The first-order valence-electron chi connectivity index (χ1n) is 7.43. The van der Waals surface area contributed by atoms with Gasteiger partial charge < -0.3 is 5.32 Å². The minimum atomic E-state index is -3.34. The van der Waals surface area contributed by atoms with Crippen molar-refractivity contribution in [3.05, 3.63) is 24.3 Å². The van der Waals surface area contributed by atoms with Crippen molar-refractivity contribution in [3.8, 4) is 0 Å². The molecule has 0 amide bonds. The largest absolute Gasteiger partial charge is 0.317 e. The number of hydrogen-bond donors (Lipinski definition) is 1. The number of benzene rings is 1. The summed E-state index contributed by atoms with van der Waals surface area (Å²) in [5.74, 6) is 0.592. The molecule has 0 atom stereocenters. The van der Waals surface area contributed by atoms with Crippen LogP contribution in [0.2, 0.25) is 0 Å². The number of nitrogens with one attached hydrogen (secondary N) is 1. The van der Waals surface area contributed by atoms with Crippen LogP contribution in [-0.4, -0.2) is 45.2 Å². The lowest BCUT2D eigenvalue weighted by Gasteiger charge is -2.31. The van der Waals surface area contributed by atoms with Crippen molar-refractivity contribution in [2.75, 3.05) is 32.4 Å². The second-order valence-corrected chi connectivity index (χ2v) is 8.15. The van der Waals surface area contributed by atoms with Crippen molar-refractivity contribution in [2.24, 2.45) is 5.92 Å². The standard InChI is InChI=1S/C15H24N2O2S2.ClH/c1-3-16-12-13-7-9-17(10-8-13)21(18,19)15-6-4-5-14(11-15)20-2;/h4-6,11,13,16H,3,7-10,12H2,1-2H3;1H. The third-order valence-electron chi connectivity index (χ3n) is 3.94. The second kappa shape index (κ2) is 9.13. The Morgan fingerprint density at radius 3 is 2.59 bits per heavy atom. The van der Waals surface area contributed by atoms with Gasteiger partial charge in [0.15, 0.2) is 0 Å². The molecule has 1 N–H and O–H groups in total. The lowest BCUT2D eigenvalue weighted by Crippen LogP contribution is -2.40. The first-order chi connectivity index (χ1) is 10.1. The average molecular weight is 365 g/mol. The normalized spacial score (nSPS) is 17.2. The molecule has 1 aromatic carbocycles. The Labute approximate surface area is 144 Å². The molecular weight excluding hydrogens is 340 g/mol. The molecule has 7 heteroatoms. The maximum atomic E-state index is 12.7. The molecule has 1 saturated heterocycles. The second-order valence-electron chi connectivity index (χ2n) is 5.33. The van der Waals surface area contributed by atoms with Crippen LogP contribution in [0.25, 0.3) is 0 Å². The Hall–Kier alpha value is -0.270. The number of nitrogens with zero attached hydrogens (tertiary/aromatic N) is 1. The number of halogens is 1. The summed E-state index contributed by atoms with van der Waals surface area (Å²) in [4.78, 5) is 1.40. The maximum absolute atomic E-state index is 12.7. The highest BCUT2D eigenvalue weighted by atomic mass is 35.5. The first-order valence-corrected chi connectivity index (χ1v) is 10.1. The zero-order valence-electron chi connectivity index (χ0n) is 13.1. The van der Waals surface area contributed by atoms with Gasteiger partial charge in [-0.2, -0.15) is 4.31 Å². The monoisotopic (exact) mass is 364 g/mol. The summed E-state index contributed by atoms with van der Waals surface area (Å²) in [7, 11) is -3.34. The molecule has 0 unspecified atom stereocenters. The Morgan fingerprint density at radius 2 is 2.00 bits per heavy atom. The molecule has 0 spiro atoms. The minimum Gasteiger partial charge on any atom is -0.317 e. The van der Waals surface area contributed by atoms with Crippen molar-refractivity contribution in [1.82, 2.24) is 9.62 Å². The van der Waals surface area contributed by atoms with E-state index < -0.39 is 10.0 Å². The van der Waals surface area contributed by atoms with E-state index in [2.05, 4.69) is 12.2 Å². The number of piperidine rings is 1. The zero-order chi connectivity index (χ0) is 15.3. The number of sulfonamides is 1. The van der Waals surface area contributed by atoms with Crippen LogP contribution < -0.4 is 5.32 Å². The Bertz CT molecular complexity index is 558. The molecule has 1 fully saturated rings. The molecule has 22 heavy (non-hydrogen) atoms. The number of rotatable bonds is 6. The Morgan fingerprint density at radius 1 is 1.32 bits per heavy atom. The van der Waals surface area contributed by atoms with E-state index in [4.69, 9.17) is 0 Å². The summed E-state index contributed by atoms with van der Waals surface area (Å²) in [6, 6.07) is 7.22. The fourth-order valence-corrected chi connectivity index (χ4v) is 4.66. The average Bonchev–Trinajstić information content (AvgIpc) is 2.53. The van der Waals surface area contributed by atoms with Crippen molar-refractivity contribution in [1.29, 1.82) is 0 Å². The fourth-order valence-electron chi connectivity index (χ4n) is 2.61. The SMILES string of the molecule is CCNCC1CCN(S(=O)(=O)c2cccc(SC)c2)CC1.Cl. The van der Waals surface area contributed by atoms with Crippen LogP contribution in [0.1, 0.15) is 19.8 Å². The lowest BCUT2D eigenvalue weighted by molar-refractivity contribution is 0.268. The first kappa shape index (κ1) is 19.8. The van der Waals surface area contributed by atoms with Gasteiger partial charge in [0, 0.05) is 18.0 Å². The van der Waals surface area contributed by atoms with Gasteiger partial charge in [0.2, 0.25) is 10.0 Å². The summed E-state index contributed by atoms with van der Waals surface area (Å²) in [5.41, 5.74) is 0. The van der Waals surface area contributed by atoms with Crippen LogP contribution in [0.4, 0.5) is 0 Å². The smallest absolute Gasteiger partial charge is 0.243 e. The third-order valence-corrected chi connectivity index (χ3v) is 6.56. The number of thioether (sulfide) groups is 1. The van der Waals surface area contributed by atoms with Crippen LogP contribution in [0, 0.1) is 5.92 Å². The van der Waals surface area contributed by atoms with Crippen LogP contribution in [0.15, 0.2) is 34.1 Å². The van der Waals surface area contributed by atoms with Gasteiger partial charge in [-0.15, -0.1) is 24.2 Å². The molecular formula is C15H25ClN2O2S2. The van der Waals surface area contributed by atoms with Crippen LogP contribution in [0.5, 0.6) is 0 Å². The molecule has 0 aromatic heterocycles. The molecule has 126 valence electrons. The minimum absolute atomic E-state index is 0. The van der Waals surface area contributed by atoms with Gasteiger partial charge in [-0.05, 0) is 56.3 Å². The van der Waals surface area contributed by atoms with Gasteiger partial charge in [0.25, 0.3) is 0 Å². The van der Waals surface area contributed by atoms with Gasteiger partial charge in [0.05, 0.1) is 4.90 Å². The molecule has 1 aliphatic rings. The summed E-state index contributed by atoms with van der Waals surface area (Å²) < 4.78 is 27.0. The molecule has 0 aliphatic carbocycles. The predicted octanol–water partition coefficient (Wildman–Crippen LogP) is 2.84. The summed E-state index contributed by atoms with van der Waals surface area (Å²) >= 11 is 1.56. The number of hydrogen-bond acceptors (Lipinski definition) is 4. The van der Waals surface area contributed by atoms with Gasteiger partial charge in [-0.1, -0.05) is 13.0 Å². The summed E-state index contributed by atoms with van der Waals surface area (Å²) in [6.45, 7) is 5.31. The Kier molecular flexibility index (Phi) is 8.21. The highest BCUT2D eigenvalue weighted by molar-refractivity contribution is 7.98. The van der Waals surface area contributed by atoms with E-state index in [0.717, 1.165) is 30.8 Å². The molecule has 1 heterocycles. The predicted molar refractivity (Wildman–Crippen MR) is 95.5 cm³/mol. The van der Waals surface area contributed by atoms with E-state index in [0.29, 0.717) is 23.9 Å². The van der Waals surface area contributed by atoms with Gasteiger partial charge in [-0.25, -0.2) is 8.42 Å². The fraction of sp³-hybridized carbons (Fsp3) is 0.600. The topological polar surface area (TPSA) is 49.4 Å². The van der Waals surface area contributed by atoms with Gasteiger partial charge >= 0.3 is 0 Å². The quantitative estimate of drug-likeness (QED) is 0.788. The zero-order valence-corrected chi connectivity index (χ0v) is 15.6. The van der Waals surface area contributed by atoms with Crippen molar-refractivity contribution in [2.45, 2.75) is 29.6 Å².